The molecule has 0 saturated heterocycles. The molecule has 2 aliphatic carbocycles. The molecular formula is C18H23ClO2. The molecule has 0 radical (unpaired) electrons. The molecule has 0 bridgehead atoms. The largest absolute Gasteiger partial charge is 0.489 e. The number of ether oxygens (including phenoxy) is 1. The third-order valence-electron chi connectivity index (χ3n) is 5.22. The van der Waals surface area contributed by atoms with Crippen LogP contribution in [0.2, 0.25) is 5.02 Å². The lowest BCUT2D eigenvalue weighted by Gasteiger charge is -2.45. The second kappa shape index (κ2) is 5.31. The number of hydrogen-bond donors (Lipinski definition) is 0. The molecule has 0 heterocycles. The van der Waals surface area contributed by atoms with Gasteiger partial charge in [0.25, 0.3) is 0 Å². The number of aryl methyl sites for hydroxylation is 1. The van der Waals surface area contributed by atoms with Gasteiger partial charge < -0.3 is 4.74 Å². The van der Waals surface area contributed by atoms with Gasteiger partial charge in [0, 0.05) is 11.4 Å². The van der Waals surface area contributed by atoms with Crippen molar-refractivity contribution >= 4 is 17.4 Å². The van der Waals surface area contributed by atoms with Crippen molar-refractivity contribution in [1.82, 2.24) is 0 Å². The zero-order valence-electron chi connectivity index (χ0n) is 13.0. The van der Waals surface area contributed by atoms with Crippen LogP contribution < -0.4 is 4.74 Å². The van der Waals surface area contributed by atoms with Gasteiger partial charge in [-0.15, -0.1) is 0 Å². The molecule has 1 atom stereocenters. The fourth-order valence-corrected chi connectivity index (χ4v) is 4.20. The minimum Gasteiger partial charge on any atom is -0.489 e. The number of Topliss-reactive ketones (excluding diaryl/α,β-unsaturated/α-hetero) is 1. The van der Waals surface area contributed by atoms with Crippen LogP contribution in [0.25, 0.3) is 0 Å². The highest BCUT2D eigenvalue weighted by Crippen LogP contribution is 2.52. The van der Waals surface area contributed by atoms with Crippen molar-refractivity contribution in [2.75, 3.05) is 0 Å². The lowest BCUT2D eigenvalue weighted by Crippen LogP contribution is -2.55. The number of rotatable bonds is 3. The molecule has 21 heavy (non-hydrogen) atoms. The van der Waals surface area contributed by atoms with E-state index >= 15 is 0 Å². The van der Waals surface area contributed by atoms with Gasteiger partial charge in [-0.25, -0.2) is 0 Å². The van der Waals surface area contributed by atoms with Gasteiger partial charge in [-0.1, -0.05) is 38.3 Å². The maximum atomic E-state index is 12.1. The van der Waals surface area contributed by atoms with Gasteiger partial charge in [0.2, 0.25) is 0 Å². The minimum atomic E-state index is -0.177. The minimum absolute atomic E-state index is 0.0624. The molecule has 2 nitrogen and oxygen atoms in total. The van der Waals surface area contributed by atoms with E-state index < -0.39 is 0 Å². The molecule has 1 aromatic rings. The predicted octanol–water partition coefficient (Wildman–Crippen LogP) is 5.05. The fourth-order valence-electron chi connectivity index (χ4n) is 3.77. The van der Waals surface area contributed by atoms with Crippen LogP contribution in [0, 0.1) is 12.3 Å². The van der Waals surface area contributed by atoms with Crippen LogP contribution in [0.4, 0.5) is 0 Å². The zero-order chi connectivity index (χ0) is 15.2. The van der Waals surface area contributed by atoms with Crippen molar-refractivity contribution in [2.45, 2.75) is 64.9 Å². The molecule has 0 amide bonds. The van der Waals surface area contributed by atoms with Gasteiger partial charge in [0.1, 0.15) is 17.6 Å². The molecule has 1 aromatic carbocycles. The average Bonchev–Trinajstić information content (AvgIpc) is 2.93. The highest BCUT2D eigenvalue weighted by atomic mass is 35.5. The first-order valence-corrected chi connectivity index (χ1v) is 8.32. The SMILES string of the molecule is Cc1cc(Cl)c(C(C)C)cc1OC1CC(=O)C12CCCC2. The molecule has 1 unspecified atom stereocenters. The first kappa shape index (κ1) is 14.9. The summed E-state index contributed by atoms with van der Waals surface area (Å²) in [6, 6.07) is 4.04. The Balaban J connectivity index is 1.85. The Kier molecular flexibility index (Phi) is 3.77. The Labute approximate surface area is 131 Å². The van der Waals surface area contributed by atoms with Crippen LogP contribution in [-0.2, 0) is 4.79 Å². The van der Waals surface area contributed by atoms with E-state index in [2.05, 4.69) is 19.9 Å². The normalized spacial score (nSPS) is 23.7. The first-order valence-electron chi connectivity index (χ1n) is 7.94. The molecule has 3 rings (SSSR count). The summed E-state index contributed by atoms with van der Waals surface area (Å²) in [7, 11) is 0. The van der Waals surface area contributed by atoms with Crippen molar-refractivity contribution in [3.63, 3.8) is 0 Å². The zero-order valence-corrected chi connectivity index (χ0v) is 13.8. The summed E-state index contributed by atoms with van der Waals surface area (Å²) in [6.07, 6.45) is 4.94. The van der Waals surface area contributed by atoms with Gasteiger partial charge in [-0.05, 0) is 48.9 Å². The number of halogens is 1. The molecule has 0 aliphatic heterocycles. The number of hydrogen-bond acceptors (Lipinski definition) is 2. The topological polar surface area (TPSA) is 26.3 Å². The lowest BCUT2D eigenvalue weighted by molar-refractivity contribution is -0.151. The quantitative estimate of drug-likeness (QED) is 0.781. The summed E-state index contributed by atoms with van der Waals surface area (Å²) in [6.45, 7) is 6.28. The van der Waals surface area contributed by atoms with Crippen molar-refractivity contribution < 1.29 is 9.53 Å². The Hall–Kier alpha value is -1.02. The van der Waals surface area contributed by atoms with E-state index in [9.17, 15) is 4.79 Å². The van der Waals surface area contributed by atoms with Crippen LogP contribution in [0.3, 0.4) is 0 Å². The van der Waals surface area contributed by atoms with E-state index in [1.165, 1.54) is 0 Å². The van der Waals surface area contributed by atoms with Gasteiger partial charge >= 0.3 is 0 Å². The maximum absolute atomic E-state index is 12.1. The average molecular weight is 307 g/mol. The molecular weight excluding hydrogens is 284 g/mol. The van der Waals surface area contributed by atoms with Crippen molar-refractivity contribution in [3.8, 4) is 5.75 Å². The highest BCUT2D eigenvalue weighted by molar-refractivity contribution is 6.31. The van der Waals surface area contributed by atoms with Crippen LogP contribution >= 0.6 is 11.6 Å². The second-order valence-electron chi connectivity index (χ2n) is 6.89. The van der Waals surface area contributed by atoms with Gasteiger partial charge in [-0.3, -0.25) is 4.79 Å². The fraction of sp³-hybridized carbons (Fsp3) is 0.611. The van der Waals surface area contributed by atoms with E-state index in [4.69, 9.17) is 16.3 Å². The predicted molar refractivity (Wildman–Crippen MR) is 85.2 cm³/mol. The number of ketones is 1. The Morgan fingerprint density at radius 3 is 2.52 bits per heavy atom. The van der Waals surface area contributed by atoms with Crippen LogP contribution in [0.15, 0.2) is 12.1 Å². The maximum Gasteiger partial charge on any atom is 0.146 e. The van der Waals surface area contributed by atoms with Crippen LogP contribution in [-0.4, -0.2) is 11.9 Å². The molecule has 2 fully saturated rings. The van der Waals surface area contributed by atoms with Crippen molar-refractivity contribution in [1.29, 1.82) is 0 Å². The number of carbonyl (C=O) groups is 1. The number of benzene rings is 1. The first-order chi connectivity index (χ1) is 9.94. The third-order valence-corrected chi connectivity index (χ3v) is 5.55. The summed E-state index contributed by atoms with van der Waals surface area (Å²) in [5.41, 5.74) is 1.99. The lowest BCUT2D eigenvalue weighted by atomic mass is 9.63. The molecule has 0 aromatic heterocycles. The Bertz CT molecular complexity index is 571. The summed E-state index contributed by atoms with van der Waals surface area (Å²) >= 11 is 6.31. The number of carbonyl (C=O) groups excluding carboxylic acids is 1. The molecule has 114 valence electrons. The molecule has 2 saturated carbocycles. The monoisotopic (exact) mass is 306 g/mol. The summed E-state index contributed by atoms with van der Waals surface area (Å²) in [4.78, 5) is 12.1. The van der Waals surface area contributed by atoms with Crippen molar-refractivity contribution in [3.05, 3.63) is 28.3 Å². The standard InChI is InChI=1S/C18H23ClO2/c1-11(2)13-9-15(12(3)8-14(13)19)21-17-10-16(20)18(17)6-4-5-7-18/h8-9,11,17H,4-7,10H2,1-3H3. The Morgan fingerprint density at radius 1 is 1.29 bits per heavy atom. The smallest absolute Gasteiger partial charge is 0.146 e. The van der Waals surface area contributed by atoms with Gasteiger partial charge in [0.05, 0.1) is 5.41 Å². The Morgan fingerprint density at radius 2 is 1.95 bits per heavy atom. The van der Waals surface area contributed by atoms with E-state index in [-0.39, 0.29) is 11.5 Å². The van der Waals surface area contributed by atoms with E-state index in [1.54, 1.807) is 0 Å². The summed E-state index contributed by atoms with van der Waals surface area (Å²) < 4.78 is 6.26. The van der Waals surface area contributed by atoms with E-state index in [1.807, 2.05) is 13.0 Å². The third kappa shape index (κ3) is 2.38. The van der Waals surface area contributed by atoms with E-state index in [0.29, 0.717) is 18.1 Å². The molecule has 1 spiro atoms. The molecule has 0 N–H and O–H groups in total. The van der Waals surface area contributed by atoms with E-state index in [0.717, 1.165) is 47.6 Å². The van der Waals surface area contributed by atoms with Gasteiger partial charge in [-0.2, -0.15) is 0 Å². The van der Waals surface area contributed by atoms with Crippen LogP contribution in [0.5, 0.6) is 5.75 Å². The summed E-state index contributed by atoms with van der Waals surface area (Å²) in [5, 5.41) is 0.801. The molecule has 2 aliphatic rings. The highest BCUT2D eigenvalue weighted by Gasteiger charge is 2.57. The summed E-state index contributed by atoms with van der Waals surface area (Å²) in [5.74, 6) is 1.66. The second-order valence-corrected chi connectivity index (χ2v) is 7.30. The molecule has 3 heteroatoms. The van der Waals surface area contributed by atoms with Crippen molar-refractivity contribution in [2.24, 2.45) is 5.41 Å². The van der Waals surface area contributed by atoms with Crippen LogP contribution in [0.1, 0.15) is 63.0 Å². The van der Waals surface area contributed by atoms with Gasteiger partial charge in [0.15, 0.2) is 0 Å².